The first-order chi connectivity index (χ1) is 7.33. The van der Waals surface area contributed by atoms with E-state index >= 15 is 0 Å². The minimum absolute atomic E-state index is 0.117. The zero-order valence-electron chi connectivity index (χ0n) is 7.71. The molecule has 0 bridgehead atoms. The van der Waals surface area contributed by atoms with Crippen LogP contribution < -0.4 is 10.7 Å². The number of hydrogen-bond acceptors (Lipinski definition) is 6. The molecule has 1 amide bonds. The monoisotopic (exact) mass is 204 g/mol. The number of nitrogens with zero attached hydrogens (tertiary/aromatic N) is 4. The van der Waals surface area contributed by atoms with Crippen LogP contribution in [0.15, 0.2) is 23.7 Å². The third kappa shape index (κ3) is 4.33. The topological polar surface area (TPSA) is 103 Å². The molecule has 1 rings (SSSR count). The van der Waals surface area contributed by atoms with Gasteiger partial charge in [-0.15, -0.1) is 0 Å². The predicted octanol–water partition coefficient (Wildman–Crippen LogP) is -0.851. The molecule has 7 heteroatoms. The summed E-state index contributed by atoms with van der Waals surface area (Å²) in [6, 6.07) is 0. The second-order valence-corrected chi connectivity index (χ2v) is 2.42. The smallest absolute Gasteiger partial charge is 0.231 e. The van der Waals surface area contributed by atoms with Crippen molar-refractivity contribution in [1.29, 1.82) is 5.26 Å². The van der Waals surface area contributed by atoms with Crippen molar-refractivity contribution in [3.05, 3.63) is 24.3 Å². The third-order valence-electron chi connectivity index (χ3n) is 1.36. The van der Waals surface area contributed by atoms with Crippen LogP contribution in [0.25, 0.3) is 0 Å². The van der Waals surface area contributed by atoms with Crippen LogP contribution in [-0.4, -0.2) is 22.2 Å². The van der Waals surface area contributed by atoms with E-state index < -0.39 is 0 Å². The lowest BCUT2D eigenvalue weighted by molar-refractivity contribution is -0.119. The SMILES string of the molecule is N#CNN=CNC(=O)Cc1cnccn1. The standard InChI is InChI=1S/C8H8N6O/c9-5-13-14-6-12-8(15)3-7-4-10-1-2-11-7/h1-2,4,6,13H,3H2,(H,12,14,15). The molecular formula is C8H8N6O. The fourth-order valence-electron chi connectivity index (χ4n) is 0.802. The molecule has 0 saturated heterocycles. The second-order valence-electron chi connectivity index (χ2n) is 2.42. The number of nitrogens with one attached hydrogen (secondary N) is 2. The van der Waals surface area contributed by atoms with Gasteiger partial charge in [-0.05, 0) is 0 Å². The number of hydrazone groups is 1. The summed E-state index contributed by atoms with van der Waals surface area (Å²) in [5.41, 5.74) is 2.57. The van der Waals surface area contributed by atoms with Gasteiger partial charge in [-0.2, -0.15) is 10.4 Å². The Bertz CT molecular complexity index is 382. The average Bonchev–Trinajstić information content (AvgIpc) is 2.26. The first-order valence-electron chi connectivity index (χ1n) is 4.03. The van der Waals surface area contributed by atoms with Gasteiger partial charge in [0.1, 0.15) is 6.34 Å². The molecule has 0 radical (unpaired) electrons. The average molecular weight is 204 g/mol. The molecule has 76 valence electrons. The quantitative estimate of drug-likeness (QED) is 0.218. The first-order valence-corrected chi connectivity index (χ1v) is 4.03. The molecule has 0 unspecified atom stereocenters. The molecule has 1 aromatic rings. The third-order valence-corrected chi connectivity index (χ3v) is 1.36. The van der Waals surface area contributed by atoms with Gasteiger partial charge < -0.3 is 5.32 Å². The molecule has 1 heterocycles. The van der Waals surface area contributed by atoms with Gasteiger partial charge in [-0.1, -0.05) is 0 Å². The maximum absolute atomic E-state index is 11.2. The molecule has 1 aromatic heterocycles. The molecule has 0 aromatic carbocycles. The molecule has 0 saturated carbocycles. The molecule has 2 N–H and O–H groups in total. The number of rotatable bonds is 4. The van der Waals surface area contributed by atoms with Crippen LogP contribution in [-0.2, 0) is 11.2 Å². The summed E-state index contributed by atoms with van der Waals surface area (Å²) in [6.07, 6.45) is 7.33. The number of aromatic nitrogens is 2. The Kier molecular flexibility index (Phi) is 4.26. The normalized spacial score (nSPS) is 9.53. The fourth-order valence-corrected chi connectivity index (χ4v) is 0.802. The zero-order chi connectivity index (χ0) is 10.9. The van der Waals surface area contributed by atoms with Crippen LogP contribution in [0, 0.1) is 11.5 Å². The highest BCUT2D eigenvalue weighted by Gasteiger charge is 2.01. The van der Waals surface area contributed by atoms with Crippen molar-refractivity contribution in [3.8, 4) is 6.19 Å². The van der Waals surface area contributed by atoms with Crippen LogP contribution in [0.1, 0.15) is 5.69 Å². The Morgan fingerprint density at radius 3 is 3.20 bits per heavy atom. The Morgan fingerprint density at radius 2 is 2.53 bits per heavy atom. The van der Waals surface area contributed by atoms with Crippen LogP contribution in [0.4, 0.5) is 0 Å². The molecule has 7 nitrogen and oxygen atoms in total. The molecule has 0 atom stereocenters. The summed E-state index contributed by atoms with van der Waals surface area (Å²) < 4.78 is 0. The largest absolute Gasteiger partial charge is 0.315 e. The van der Waals surface area contributed by atoms with Gasteiger partial charge >= 0.3 is 0 Å². The number of nitriles is 1. The van der Waals surface area contributed by atoms with Gasteiger partial charge in [-0.3, -0.25) is 14.8 Å². The molecule has 15 heavy (non-hydrogen) atoms. The van der Waals surface area contributed by atoms with E-state index in [2.05, 4.69) is 20.4 Å². The lowest BCUT2D eigenvalue weighted by Crippen LogP contribution is -2.24. The van der Waals surface area contributed by atoms with Crippen molar-refractivity contribution >= 4 is 12.2 Å². The van der Waals surface area contributed by atoms with Crippen LogP contribution in [0.5, 0.6) is 0 Å². The maximum atomic E-state index is 11.2. The Labute approximate surface area is 85.8 Å². The van der Waals surface area contributed by atoms with Gasteiger partial charge in [0.2, 0.25) is 5.91 Å². The first kappa shape index (κ1) is 10.6. The number of amides is 1. The van der Waals surface area contributed by atoms with Crippen molar-refractivity contribution in [3.63, 3.8) is 0 Å². The lowest BCUT2D eigenvalue weighted by Gasteiger charge is -1.97. The Hall–Kier alpha value is -2.49. The van der Waals surface area contributed by atoms with Gasteiger partial charge in [0, 0.05) is 18.6 Å². The van der Waals surface area contributed by atoms with E-state index in [9.17, 15) is 4.79 Å². The molecule has 0 aliphatic carbocycles. The molecule has 0 aliphatic heterocycles. The van der Waals surface area contributed by atoms with Crippen molar-refractivity contribution in [2.45, 2.75) is 6.42 Å². The highest BCUT2D eigenvalue weighted by Crippen LogP contribution is 1.90. The second kappa shape index (κ2) is 6.04. The summed E-state index contributed by atoms with van der Waals surface area (Å²) >= 11 is 0. The van der Waals surface area contributed by atoms with E-state index in [1.807, 2.05) is 5.43 Å². The Morgan fingerprint density at radius 1 is 1.67 bits per heavy atom. The lowest BCUT2D eigenvalue weighted by atomic mass is 10.3. The molecule has 0 spiro atoms. The minimum atomic E-state index is -0.279. The van der Waals surface area contributed by atoms with Gasteiger partial charge in [0.15, 0.2) is 6.19 Å². The van der Waals surface area contributed by atoms with E-state index in [0.717, 1.165) is 6.34 Å². The summed E-state index contributed by atoms with van der Waals surface area (Å²) in [4.78, 5) is 18.9. The number of hydrogen-bond donors (Lipinski definition) is 2. The molecule has 0 fully saturated rings. The summed E-state index contributed by atoms with van der Waals surface area (Å²) in [6.45, 7) is 0. The van der Waals surface area contributed by atoms with Crippen molar-refractivity contribution in [1.82, 2.24) is 20.7 Å². The number of carbonyl (C=O) groups excluding carboxylic acids is 1. The summed E-state index contributed by atoms with van der Waals surface area (Å²) in [5, 5.41) is 13.8. The fraction of sp³-hybridized carbons (Fsp3) is 0.125. The van der Waals surface area contributed by atoms with E-state index in [-0.39, 0.29) is 12.3 Å². The Balaban J connectivity index is 2.34. The van der Waals surface area contributed by atoms with Crippen molar-refractivity contribution in [2.24, 2.45) is 5.10 Å². The summed E-state index contributed by atoms with van der Waals surface area (Å²) in [5.74, 6) is -0.279. The van der Waals surface area contributed by atoms with Gasteiger partial charge in [0.25, 0.3) is 0 Å². The van der Waals surface area contributed by atoms with Crippen LogP contribution in [0.2, 0.25) is 0 Å². The number of carbonyl (C=O) groups is 1. The van der Waals surface area contributed by atoms with E-state index in [4.69, 9.17) is 5.26 Å². The summed E-state index contributed by atoms with van der Waals surface area (Å²) in [7, 11) is 0. The minimum Gasteiger partial charge on any atom is -0.315 e. The maximum Gasteiger partial charge on any atom is 0.231 e. The van der Waals surface area contributed by atoms with Crippen molar-refractivity contribution < 1.29 is 4.79 Å². The van der Waals surface area contributed by atoms with Gasteiger partial charge in [-0.25, -0.2) is 5.43 Å². The van der Waals surface area contributed by atoms with E-state index in [1.54, 1.807) is 6.19 Å². The predicted molar refractivity (Wildman–Crippen MR) is 51.1 cm³/mol. The van der Waals surface area contributed by atoms with Crippen LogP contribution in [0.3, 0.4) is 0 Å². The van der Waals surface area contributed by atoms with E-state index in [1.165, 1.54) is 18.6 Å². The highest BCUT2D eigenvalue weighted by atomic mass is 16.1. The van der Waals surface area contributed by atoms with E-state index in [0.29, 0.717) is 5.69 Å². The molecular weight excluding hydrogens is 196 g/mol. The van der Waals surface area contributed by atoms with Crippen molar-refractivity contribution in [2.75, 3.05) is 0 Å². The molecule has 0 aliphatic rings. The zero-order valence-corrected chi connectivity index (χ0v) is 7.71. The highest BCUT2D eigenvalue weighted by molar-refractivity contribution is 5.88. The van der Waals surface area contributed by atoms with Crippen LogP contribution >= 0.6 is 0 Å². The van der Waals surface area contributed by atoms with Gasteiger partial charge in [0.05, 0.1) is 12.1 Å².